The van der Waals surface area contributed by atoms with E-state index in [1.54, 1.807) is 0 Å². The predicted octanol–water partition coefficient (Wildman–Crippen LogP) is 5.23. The maximum atomic E-state index is 5.75. The van der Waals surface area contributed by atoms with Gasteiger partial charge in [0.15, 0.2) is 0 Å². The average Bonchev–Trinajstić information content (AvgIpc) is 3.17. The topological polar surface area (TPSA) is 42.2 Å². The summed E-state index contributed by atoms with van der Waals surface area (Å²) >= 11 is 0. The van der Waals surface area contributed by atoms with Gasteiger partial charge in [0.05, 0.1) is 0 Å². The van der Waals surface area contributed by atoms with E-state index in [1.807, 2.05) is 0 Å². The number of rotatable bonds is 2. The maximum absolute atomic E-state index is 5.75. The van der Waals surface area contributed by atoms with Crippen LogP contribution in [0.2, 0.25) is 0 Å². The molecule has 0 N–H and O–H groups in total. The maximum Gasteiger partial charge on any atom is 0.270 e. The highest BCUT2D eigenvalue weighted by Crippen LogP contribution is 2.46. The van der Waals surface area contributed by atoms with Gasteiger partial charge in [-0.2, -0.15) is 4.98 Å². The molecule has 1 aromatic heterocycles. The van der Waals surface area contributed by atoms with Crippen molar-refractivity contribution in [3.8, 4) is 0 Å². The minimum Gasteiger partial charge on any atom is -0.337 e. The van der Waals surface area contributed by atoms with E-state index in [0.717, 1.165) is 43.1 Å². The summed E-state index contributed by atoms with van der Waals surface area (Å²) in [6.07, 6.45) is 11.8. The fourth-order valence-corrected chi connectivity index (χ4v) is 5.34. The molecular formula is C21H27N3O. The third-order valence-corrected chi connectivity index (χ3v) is 6.67. The highest BCUT2D eigenvalue weighted by atomic mass is 16.5. The van der Waals surface area contributed by atoms with Crippen LogP contribution < -0.4 is 4.90 Å². The summed E-state index contributed by atoms with van der Waals surface area (Å²) in [6, 6.07) is 8.61. The molecule has 3 unspecified atom stereocenters. The number of fused-ring (bicyclic) bond motifs is 2. The summed E-state index contributed by atoms with van der Waals surface area (Å²) in [5, 5.41) is 4.36. The molecule has 0 bridgehead atoms. The van der Waals surface area contributed by atoms with Gasteiger partial charge in [0.1, 0.15) is 0 Å². The number of anilines is 2. The van der Waals surface area contributed by atoms with E-state index >= 15 is 0 Å². The fraction of sp³-hybridized carbons (Fsp3) is 0.619. The molecule has 4 heteroatoms. The van der Waals surface area contributed by atoms with Crippen molar-refractivity contribution in [3.63, 3.8) is 0 Å². The van der Waals surface area contributed by atoms with Gasteiger partial charge in [0.2, 0.25) is 5.89 Å². The Balaban J connectivity index is 1.36. The fourth-order valence-electron chi connectivity index (χ4n) is 5.34. The number of hydrogen-bond acceptors (Lipinski definition) is 4. The Kier molecular flexibility index (Phi) is 3.99. The SMILES string of the molecule is c1ccc2c(c1)CCCN2c1noc(C2CCC3CCCCC3C2)n1. The largest absolute Gasteiger partial charge is 0.337 e. The number of nitrogens with zero attached hydrogens (tertiary/aromatic N) is 3. The van der Waals surface area contributed by atoms with Gasteiger partial charge in [-0.1, -0.05) is 43.9 Å². The monoisotopic (exact) mass is 337 g/mol. The highest BCUT2D eigenvalue weighted by Gasteiger charge is 2.35. The Hall–Kier alpha value is -1.84. The molecule has 2 aliphatic carbocycles. The molecule has 1 aromatic carbocycles. The molecular weight excluding hydrogens is 310 g/mol. The van der Waals surface area contributed by atoms with Gasteiger partial charge in [-0.05, 0) is 60.7 Å². The van der Waals surface area contributed by atoms with Crippen LogP contribution in [0.1, 0.15) is 68.7 Å². The molecule has 0 amide bonds. The van der Waals surface area contributed by atoms with Gasteiger partial charge in [-0.3, -0.25) is 0 Å². The molecule has 4 nitrogen and oxygen atoms in total. The Morgan fingerprint density at radius 3 is 2.80 bits per heavy atom. The van der Waals surface area contributed by atoms with Crippen molar-refractivity contribution < 1.29 is 4.52 Å². The van der Waals surface area contributed by atoms with Crippen molar-refractivity contribution in [1.82, 2.24) is 10.1 Å². The van der Waals surface area contributed by atoms with E-state index in [2.05, 4.69) is 34.3 Å². The molecule has 1 aliphatic heterocycles. The van der Waals surface area contributed by atoms with E-state index in [4.69, 9.17) is 9.51 Å². The van der Waals surface area contributed by atoms with Crippen LogP contribution in [-0.2, 0) is 6.42 Å². The summed E-state index contributed by atoms with van der Waals surface area (Å²) in [7, 11) is 0. The molecule has 2 fully saturated rings. The summed E-state index contributed by atoms with van der Waals surface area (Å²) < 4.78 is 5.75. The van der Waals surface area contributed by atoms with Gasteiger partial charge in [-0.25, -0.2) is 0 Å². The number of para-hydroxylation sites is 1. The Morgan fingerprint density at radius 2 is 1.84 bits per heavy atom. The first kappa shape index (κ1) is 15.4. The first-order chi connectivity index (χ1) is 12.4. The second kappa shape index (κ2) is 6.47. The van der Waals surface area contributed by atoms with Crippen LogP contribution in [-0.4, -0.2) is 16.7 Å². The van der Waals surface area contributed by atoms with Crippen LogP contribution in [0.25, 0.3) is 0 Å². The first-order valence-corrected chi connectivity index (χ1v) is 10.1. The molecule has 2 aromatic rings. The van der Waals surface area contributed by atoms with E-state index in [1.165, 1.54) is 56.2 Å². The Bertz CT molecular complexity index is 740. The zero-order chi connectivity index (χ0) is 16.6. The molecule has 3 aliphatic rings. The second-order valence-corrected chi connectivity index (χ2v) is 8.13. The van der Waals surface area contributed by atoms with Crippen LogP contribution in [0.3, 0.4) is 0 Å². The van der Waals surface area contributed by atoms with Gasteiger partial charge < -0.3 is 9.42 Å². The van der Waals surface area contributed by atoms with E-state index in [9.17, 15) is 0 Å². The van der Waals surface area contributed by atoms with Crippen molar-refractivity contribution in [2.24, 2.45) is 11.8 Å². The third kappa shape index (κ3) is 2.86. The summed E-state index contributed by atoms with van der Waals surface area (Å²) in [4.78, 5) is 7.08. The number of aryl methyl sites for hydroxylation is 1. The molecule has 0 saturated heterocycles. The van der Waals surface area contributed by atoms with Gasteiger partial charge in [0.25, 0.3) is 5.95 Å². The van der Waals surface area contributed by atoms with Crippen LogP contribution in [0.15, 0.2) is 28.8 Å². The zero-order valence-corrected chi connectivity index (χ0v) is 14.9. The average molecular weight is 337 g/mol. The minimum absolute atomic E-state index is 0.473. The normalized spacial score (nSPS) is 29.1. The lowest BCUT2D eigenvalue weighted by Crippen LogP contribution is -2.27. The molecule has 2 saturated carbocycles. The van der Waals surface area contributed by atoms with Crippen LogP contribution in [0, 0.1) is 11.8 Å². The molecule has 132 valence electrons. The molecule has 2 heterocycles. The second-order valence-electron chi connectivity index (χ2n) is 8.13. The minimum atomic E-state index is 0.473. The Morgan fingerprint density at radius 1 is 0.960 bits per heavy atom. The van der Waals surface area contributed by atoms with Crippen molar-refractivity contribution in [2.45, 2.75) is 63.7 Å². The third-order valence-electron chi connectivity index (χ3n) is 6.67. The van der Waals surface area contributed by atoms with E-state index < -0.39 is 0 Å². The van der Waals surface area contributed by atoms with Crippen molar-refractivity contribution >= 4 is 11.6 Å². The number of hydrogen-bond donors (Lipinski definition) is 0. The van der Waals surface area contributed by atoms with Crippen LogP contribution in [0.4, 0.5) is 11.6 Å². The molecule has 5 rings (SSSR count). The smallest absolute Gasteiger partial charge is 0.270 e. The van der Waals surface area contributed by atoms with Gasteiger partial charge >= 0.3 is 0 Å². The summed E-state index contributed by atoms with van der Waals surface area (Å²) in [6.45, 7) is 0.978. The standard InChI is InChI=1S/C21H27N3O/c1-2-8-17-14-18(12-11-15(17)6-1)20-22-21(23-25-20)24-13-5-9-16-7-3-4-10-19(16)24/h3-4,7,10,15,17-18H,1-2,5-6,8-9,11-14H2. The summed E-state index contributed by atoms with van der Waals surface area (Å²) in [5.41, 5.74) is 2.64. The van der Waals surface area contributed by atoms with Crippen LogP contribution in [0.5, 0.6) is 0 Å². The van der Waals surface area contributed by atoms with Crippen molar-refractivity contribution in [3.05, 3.63) is 35.7 Å². The van der Waals surface area contributed by atoms with Gasteiger partial charge in [0, 0.05) is 18.2 Å². The highest BCUT2D eigenvalue weighted by molar-refractivity contribution is 5.63. The first-order valence-electron chi connectivity index (χ1n) is 10.1. The van der Waals surface area contributed by atoms with E-state index in [0.29, 0.717) is 5.92 Å². The van der Waals surface area contributed by atoms with Gasteiger partial charge in [-0.15, -0.1) is 0 Å². The molecule has 3 atom stereocenters. The van der Waals surface area contributed by atoms with E-state index in [-0.39, 0.29) is 0 Å². The quantitative estimate of drug-likeness (QED) is 0.752. The lowest BCUT2D eigenvalue weighted by molar-refractivity contribution is 0.142. The van der Waals surface area contributed by atoms with Crippen molar-refractivity contribution in [2.75, 3.05) is 11.4 Å². The zero-order valence-electron chi connectivity index (χ0n) is 14.9. The lowest BCUT2D eigenvalue weighted by Gasteiger charge is -2.38. The lowest BCUT2D eigenvalue weighted by atomic mass is 9.67. The molecule has 0 spiro atoms. The number of aromatic nitrogens is 2. The Labute approximate surface area is 149 Å². The van der Waals surface area contributed by atoms with Crippen LogP contribution >= 0.6 is 0 Å². The molecule has 25 heavy (non-hydrogen) atoms. The molecule has 0 radical (unpaired) electrons. The predicted molar refractivity (Wildman–Crippen MR) is 98.1 cm³/mol. The number of benzene rings is 1. The summed E-state index contributed by atoms with van der Waals surface area (Å²) in [5.74, 6) is 3.95. The van der Waals surface area contributed by atoms with Crippen molar-refractivity contribution in [1.29, 1.82) is 0 Å².